The van der Waals surface area contributed by atoms with E-state index in [1.165, 1.54) is 24.0 Å². The van der Waals surface area contributed by atoms with Crippen molar-refractivity contribution in [2.75, 3.05) is 11.1 Å². The normalized spacial score (nSPS) is 11.9. The van der Waals surface area contributed by atoms with Gasteiger partial charge in [0, 0.05) is 18.0 Å². The molecule has 2 rings (SSSR count). The highest BCUT2D eigenvalue weighted by Gasteiger charge is 2.11. The maximum absolute atomic E-state index is 12.1. The predicted molar refractivity (Wildman–Crippen MR) is 89.4 cm³/mol. The summed E-state index contributed by atoms with van der Waals surface area (Å²) in [6.07, 6.45) is 2.44. The van der Waals surface area contributed by atoms with Crippen molar-refractivity contribution in [2.45, 2.75) is 31.3 Å². The van der Waals surface area contributed by atoms with E-state index in [2.05, 4.69) is 29.1 Å². The predicted octanol–water partition coefficient (Wildman–Crippen LogP) is 3.01. The molecule has 0 saturated heterocycles. The van der Waals surface area contributed by atoms with Gasteiger partial charge in [-0.05, 0) is 24.0 Å². The number of hydrogen-bond donors (Lipinski definition) is 2. The third-order valence-corrected chi connectivity index (χ3v) is 4.25. The van der Waals surface area contributed by atoms with Gasteiger partial charge in [0.15, 0.2) is 5.16 Å². The van der Waals surface area contributed by atoms with Crippen LogP contribution in [-0.2, 0) is 4.79 Å². The minimum Gasteiger partial charge on any atom is -0.325 e. The van der Waals surface area contributed by atoms with Crippen molar-refractivity contribution in [3.63, 3.8) is 0 Å². The summed E-state index contributed by atoms with van der Waals surface area (Å²) in [5.41, 5.74) is 1.76. The molecule has 0 radical (unpaired) electrons. The van der Waals surface area contributed by atoms with E-state index in [0.29, 0.717) is 11.1 Å². The molecular weight excluding hydrogens is 298 g/mol. The Hall–Kier alpha value is -2.08. The van der Waals surface area contributed by atoms with Gasteiger partial charge in [-0.25, -0.2) is 4.98 Å². The molecule has 0 saturated carbocycles. The van der Waals surface area contributed by atoms with Crippen molar-refractivity contribution in [3.8, 4) is 0 Å². The number of nitrogens with one attached hydrogen (secondary N) is 2. The summed E-state index contributed by atoms with van der Waals surface area (Å²) in [4.78, 5) is 29.8. The second-order valence-corrected chi connectivity index (χ2v) is 5.94. The van der Waals surface area contributed by atoms with Crippen LogP contribution in [0.4, 0.5) is 5.69 Å². The third-order valence-electron chi connectivity index (χ3n) is 3.37. The molecule has 1 atom stereocenters. The molecule has 0 aliphatic heterocycles. The van der Waals surface area contributed by atoms with Crippen LogP contribution < -0.4 is 10.9 Å². The standard InChI is InChI=1S/C16H19N3O2S/c1-3-11(2)12-6-4-5-7-13(12)18-15(21)10-22-16-17-9-8-14(20)19-16/h4-9,11H,3,10H2,1-2H3,(H,18,21)(H,17,19,20)/t11-/m1/s1. The number of nitrogens with zero attached hydrogens (tertiary/aromatic N) is 1. The molecule has 0 bridgehead atoms. The van der Waals surface area contributed by atoms with Gasteiger partial charge in [-0.1, -0.05) is 43.8 Å². The van der Waals surface area contributed by atoms with Crippen LogP contribution >= 0.6 is 11.8 Å². The molecule has 22 heavy (non-hydrogen) atoms. The summed E-state index contributed by atoms with van der Waals surface area (Å²) in [5.74, 6) is 0.463. The number of benzene rings is 1. The van der Waals surface area contributed by atoms with Crippen LogP contribution in [-0.4, -0.2) is 21.6 Å². The Bertz CT molecular complexity index is 700. The summed E-state index contributed by atoms with van der Waals surface area (Å²) in [7, 11) is 0. The zero-order chi connectivity index (χ0) is 15.9. The highest BCUT2D eigenvalue weighted by molar-refractivity contribution is 7.99. The first-order chi connectivity index (χ1) is 10.6. The highest BCUT2D eigenvalue weighted by atomic mass is 32.2. The van der Waals surface area contributed by atoms with Gasteiger partial charge < -0.3 is 10.3 Å². The van der Waals surface area contributed by atoms with E-state index >= 15 is 0 Å². The monoisotopic (exact) mass is 317 g/mol. The number of aromatic nitrogens is 2. The lowest BCUT2D eigenvalue weighted by atomic mass is 9.97. The van der Waals surface area contributed by atoms with Gasteiger partial charge in [-0.15, -0.1) is 0 Å². The summed E-state index contributed by atoms with van der Waals surface area (Å²) >= 11 is 1.20. The number of hydrogen-bond acceptors (Lipinski definition) is 4. The molecule has 1 aromatic heterocycles. The largest absolute Gasteiger partial charge is 0.325 e. The van der Waals surface area contributed by atoms with Gasteiger partial charge in [-0.3, -0.25) is 9.59 Å². The Morgan fingerprint density at radius 2 is 2.14 bits per heavy atom. The zero-order valence-corrected chi connectivity index (χ0v) is 13.4. The van der Waals surface area contributed by atoms with E-state index in [1.807, 2.05) is 24.3 Å². The first-order valence-corrected chi connectivity index (χ1v) is 8.15. The van der Waals surface area contributed by atoms with Gasteiger partial charge >= 0.3 is 0 Å². The molecule has 2 N–H and O–H groups in total. The Balaban J connectivity index is 1.99. The van der Waals surface area contributed by atoms with E-state index in [1.54, 1.807) is 0 Å². The van der Waals surface area contributed by atoms with E-state index in [4.69, 9.17) is 0 Å². The lowest BCUT2D eigenvalue weighted by Crippen LogP contribution is -2.16. The van der Waals surface area contributed by atoms with Crippen LogP contribution in [0.15, 0.2) is 46.5 Å². The first-order valence-electron chi connectivity index (χ1n) is 7.17. The van der Waals surface area contributed by atoms with E-state index in [0.717, 1.165) is 17.7 Å². The summed E-state index contributed by atoms with van der Waals surface area (Å²) in [6.45, 7) is 4.26. The molecular formula is C16H19N3O2S. The minimum atomic E-state index is -0.222. The van der Waals surface area contributed by atoms with Gasteiger partial charge in [0.2, 0.25) is 5.91 Å². The average molecular weight is 317 g/mol. The Kier molecular flexibility index (Phi) is 5.77. The van der Waals surface area contributed by atoms with Crippen molar-refractivity contribution in [1.82, 2.24) is 9.97 Å². The number of H-pyrrole nitrogens is 1. The molecule has 116 valence electrons. The minimum absolute atomic E-state index is 0.118. The fraction of sp³-hybridized carbons (Fsp3) is 0.312. The first kappa shape index (κ1) is 16.3. The van der Waals surface area contributed by atoms with Crippen molar-refractivity contribution in [3.05, 3.63) is 52.4 Å². The third kappa shape index (κ3) is 4.46. The summed E-state index contributed by atoms with van der Waals surface area (Å²) in [5, 5.41) is 3.37. The molecule has 2 aromatic rings. The molecule has 1 aromatic carbocycles. The fourth-order valence-corrected chi connectivity index (χ4v) is 2.65. The smallest absolute Gasteiger partial charge is 0.251 e. The van der Waals surface area contributed by atoms with E-state index in [9.17, 15) is 9.59 Å². The van der Waals surface area contributed by atoms with E-state index < -0.39 is 0 Å². The fourth-order valence-electron chi connectivity index (χ4n) is 2.01. The molecule has 0 fully saturated rings. The lowest BCUT2D eigenvalue weighted by molar-refractivity contribution is -0.113. The van der Waals surface area contributed by atoms with Gasteiger partial charge in [0.05, 0.1) is 5.75 Å². The second kappa shape index (κ2) is 7.79. The Morgan fingerprint density at radius 3 is 2.86 bits per heavy atom. The number of aromatic amines is 1. The average Bonchev–Trinajstić information content (AvgIpc) is 2.53. The molecule has 0 aliphatic rings. The topological polar surface area (TPSA) is 74.8 Å². The van der Waals surface area contributed by atoms with Crippen LogP contribution in [0.3, 0.4) is 0 Å². The number of para-hydroxylation sites is 1. The SMILES string of the molecule is CC[C@@H](C)c1ccccc1NC(=O)CSc1nccc(=O)[nH]1. The zero-order valence-electron chi connectivity index (χ0n) is 12.6. The number of rotatable bonds is 6. The Labute approximate surface area is 133 Å². The van der Waals surface area contributed by atoms with Crippen molar-refractivity contribution in [2.24, 2.45) is 0 Å². The van der Waals surface area contributed by atoms with Crippen LogP contribution in [0, 0.1) is 0 Å². The van der Waals surface area contributed by atoms with Crippen molar-refractivity contribution < 1.29 is 4.79 Å². The van der Waals surface area contributed by atoms with Gasteiger partial charge in [0.1, 0.15) is 0 Å². The Morgan fingerprint density at radius 1 is 1.36 bits per heavy atom. The highest BCUT2D eigenvalue weighted by Crippen LogP contribution is 2.26. The van der Waals surface area contributed by atoms with Crippen LogP contribution in [0.2, 0.25) is 0 Å². The molecule has 6 heteroatoms. The van der Waals surface area contributed by atoms with Crippen LogP contribution in [0.5, 0.6) is 0 Å². The van der Waals surface area contributed by atoms with Crippen LogP contribution in [0.1, 0.15) is 31.7 Å². The maximum atomic E-state index is 12.1. The quantitative estimate of drug-likeness (QED) is 0.634. The lowest BCUT2D eigenvalue weighted by Gasteiger charge is -2.15. The van der Waals surface area contributed by atoms with Gasteiger partial charge in [0.25, 0.3) is 5.56 Å². The van der Waals surface area contributed by atoms with Crippen molar-refractivity contribution >= 4 is 23.4 Å². The number of carbonyl (C=O) groups excluding carboxylic acids is 1. The molecule has 0 unspecified atom stereocenters. The summed E-state index contributed by atoms with van der Waals surface area (Å²) < 4.78 is 0. The summed E-state index contributed by atoms with van der Waals surface area (Å²) in [6, 6.07) is 9.17. The number of amides is 1. The molecule has 5 nitrogen and oxygen atoms in total. The number of thioether (sulfide) groups is 1. The molecule has 1 heterocycles. The molecule has 0 spiro atoms. The number of anilines is 1. The second-order valence-electron chi connectivity index (χ2n) is 4.97. The molecule has 1 amide bonds. The van der Waals surface area contributed by atoms with Gasteiger partial charge in [-0.2, -0.15) is 0 Å². The maximum Gasteiger partial charge on any atom is 0.251 e. The molecule has 0 aliphatic carbocycles. The number of carbonyl (C=O) groups is 1. The van der Waals surface area contributed by atoms with Crippen LogP contribution in [0.25, 0.3) is 0 Å². The van der Waals surface area contributed by atoms with E-state index in [-0.39, 0.29) is 17.2 Å². The van der Waals surface area contributed by atoms with Crippen molar-refractivity contribution in [1.29, 1.82) is 0 Å².